The summed E-state index contributed by atoms with van der Waals surface area (Å²) >= 11 is 1.63. The molecule has 1 aliphatic rings. The number of morpholine rings is 1. The molecular weight excluding hydrogens is 416 g/mol. The molecule has 0 unspecified atom stereocenters. The van der Waals surface area contributed by atoms with Crippen LogP contribution in [0.3, 0.4) is 0 Å². The molecule has 0 radical (unpaired) electrons. The third-order valence-electron chi connectivity index (χ3n) is 4.92. The molecule has 1 N–H and O–H groups in total. The zero-order chi connectivity index (χ0) is 21.0. The average Bonchev–Trinajstić information content (AvgIpc) is 3.46. The number of hydrogen-bond acceptors (Lipinski definition) is 9. The molecule has 0 bridgehead atoms. The molecule has 1 amide bonds. The third-order valence-corrected chi connectivity index (χ3v) is 5.99. The van der Waals surface area contributed by atoms with Gasteiger partial charge in [-0.25, -0.2) is 4.98 Å². The van der Waals surface area contributed by atoms with Gasteiger partial charge in [0.25, 0.3) is 0 Å². The van der Waals surface area contributed by atoms with Crippen LogP contribution in [0.2, 0.25) is 0 Å². The number of carbonyl (C=O) groups excluding carboxylic acids is 1. The highest BCUT2D eigenvalue weighted by Gasteiger charge is 2.16. The number of ether oxygens (including phenoxy) is 1. The smallest absolute Gasteiger partial charge is 0.227 e. The van der Waals surface area contributed by atoms with Crippen molar-refractivity contribution in [1.82, 2.24) is 20.1 Å². The van der Waals surface area contributed by atoms with Crippen molar-refractivity contribution < 1.29 is 14.1 Å². The van der Waals surface area contributed by atoms with Crippen LogP contribution in [0.1, 0.15) is 12.3 Å². The molecule has 1 aliphatic heterocycles. The maximum Gasteiger partial charge on any atom is 0.227 e. The zero-order valence-corrected chi connectivity index (χ0v) is 17.5. The summed E-state index contributed by atoms with van der Waals surface area (Å²) < 4.78 is 11.7. The predicted octanol–water partition coefficient (Wildman–Crippen LogP) is 3.15. The minimum Gasteiger partial charge on any atom is -0.378 e. The molecule has 3 aromatic heterocycles. The molecule has 10 heteroatoms. The summed E-state index contributed by atoms with van der Waals surface area (Å²) in [6, 6.07) is 9.38. The van der Waals surface area contributed by atoms with Gasteiger partial charge in [-0.15, -0.1) is 0 Å². The topological polar surface area (TPSA) is 106 Å². The van der Waals surface area contributed by atoms with Crippen LogP contribution in [-0.4, -0.2) is 52.3 Å². The van der Waals surface area contributed by atoms with Gasteiger partial charge in [0.05, 0.1) is 23.4 Å². The van der Waals surface area contributed by atoms with Crippen LogP contribution in [0, 0.1) is 0 Å². The summed E-state index contributed by atoms with van der Waals surface area (Å²) in [5.41, 5.74) is 2.50. The van der Waals surface area contributed by atoms with E-state index < -0.39 is 0 Å². The Morgan fingerprint density at radius 3 is 2.81 bits per heavy atom. The number of hydrogen-bond donors (Lipinski definition) is 1. The van der Waals surface area contributed by atoms with Crippen molar-refractivity contribution in [2.24, 2.45) is 0 Å². The van der Waals surface area contributed by atoms with E-state index in [-0.39, 0.29) is 12.3 Å². The van der Waals surface area contributed by atoms with Gasteiger partial charge in [-0.1, -0.05) is 16.5 Å². The summed E-state index contributed by atoms with van der Waals surface area (Å²) in [6.45, 7) is 3.15. The van der Waals surface area contributed by atoms with Crippen LogP contribution >= 0.6 is 11.3 Å². The Labute approximate surface area is 182 Å². The van der Waals surface area contributed by atoms with Crippen molar-refractivity contribution in [3.63, 3.8) is 0 Å². The number of pyridine rings is 1. The number of aryl methyl sites for hydroxylation is 1. The predicted molar refractivity (Wildman–Crippen MR) is 117 cm³/mol. The Bertz CT molecular complexity index is 1190. The highest BCUT2D eigenvalue weighted by molar-refractivity contribution is 7.22. The quantitative estimate of drug-likeness (QED) is 0.491. The summed E-state index contributed by atoms with van der Waals surface area (Å²) in [6.07, 6.45) is 3.96. The van der Waals surface area contributed by atoms with Crippen LogP contribution in [-0.2, 0) is 16.0 Å². The van der Waals surface area contributed by atoms with Gasteiger partial charge in [0.1, 0.15) is 0 Å². The van der Waals surface area contributed by atoms with E-state index in [9.17, 15) is 4.79 Å². The van der Waals surface area contributed by atoms with Crippen LogP contribution in [0.15, 0.2) is 47.2 Å². The molecular formula is C21H20N6O3S. The number of anilines is 2. The Morgan fingerprint density at radius 2 is 1.97 bits per heavy atom. The molecule has 9 nitrogen and oxygen atoms in total. The van der Waals surface area contributed by atoms with E-state index >= 15 is 0 Å². The number of fused-ring (bicyclic) bond motifs is 1. The normalized spacial score (nSPS) is 14.1. The fourth-order valence-corrected chi connectivity index (χ4v) is 4.36. The lowest BCUT2D eigenvalue weighted by Gasteiger charge is -2.25. The van der Waals surface area contributed by atoms with Crippen LogP contribution < -0.4 is 10.2 Å². The standard InChI is InChI=1S/C21H20N6O3S/c28-18(3-4-19-25-20(26-30-19)14-5-7-22-8-6-14)23-15-1-2-16-17(13-15)31-21(24-16)27-9-11-29-12-10-27/h1-2,5-8,13H,3-4,9-12H2,(H,23,28). The number of nitrogens with one attached hydrogen (secondary N) is 1. The second-order valence-electron chi connectivity index (χ2n) is 7.07. The van der Waals surface area contributed by atoms with E-state index in [0.29, 0.717) is 18.1 Å². The van der Waals surface area contributed by atoms with Gasteiger partial charge in [0.15, 0.2) is 5.13 Å². The molecule has 4 aromatic rings. The van der Waals surface area contributed by atoms with Gasteiger partial charge in [0.2, 0.25) is 17.6 Å². The average molecular weight is 436 g/mol. The largest absolute Gasteiger partial charge is 0.378 e. The van der Waals surface area contributed by atoms with Crippen LogP contribution in [0.25, 0.3) is 21.6 Å². The number of rotatable bonds is 6. The second kappa shape index (κ2) is 8.78. The lowest BCUT2D eigenvalue weighted by Crippen LogP contribution is -2.36. The number of nitrogens with zero attached hydrogens (tertiary/aromatic N) is 5. The Hall–Kier alpha value is -3.37. The molecule has 0 saturated carbocycles. The summed E-state index contributed by atoms with van der Waals surface area (Å²) in [4.78, 5) is 27.7. The molecule has 31 heavy (non-hydrogen) atoms. The molecule has 0 atom stereocenters. The highest BCUT2D eigenvalue weighted by atomic mass is 32.1. The number of benzene rings is 1. The first kappa shape index (κ1) is 19.6. The Balaban J connectivity index is 1.20. The zero-order valence-electron chi connectivity index (χ0n) is 16.7. The molecule has 5 rings (SSSR count). The lowest BCUT2D eigenvalue weighted by molar-refractivity contribution is -0.116. The molecule has 1 aromatic carbocycles. The number of aromatic nitrogens is 4. The second-order valence-corrected chi connectivity index (χ2v) is 8.08. The molecule has 1 saturated heterocycles. The Morgan fingerprint density at radius 1 is 1.13 bits per heavy atom. The van der Waals surface area contributed by atoms with Crippen molar-refractivity contribution in [2.45, 2.75) is 12.8 Å². The molecule has 1 fully saturated rings. The van der Waals surface area contributed by atoms with Gasteiger partial charge < -0.3 is 19.5 Å². The van der Waals surface area contributed by atoms with Crippen molar-refractivity contribution in [1.29, 1.82) is 0 Å². The molecule has 4 heterocycles. The van der Waals surface area contributed by atoms with E-state index in [1.54, 1.807) is 35.9 Å². The van der Waals surface area contributed by atoms with E-state index in [1.807, 2.05) is 18.2 Å². The van der Waals surface area contributed by atoms with Gasteiger partial charge in [-0.3, -0.25) is 9.78 Å². The van der Waals surface area contributed by atoms with Crippen molar-refractivity contribution in [2.75, 3.05) is 36.5 Å². The summed E-state index contributed by atoms with van der Waals surface area (Å²) in [5, 5.41) is 7.89. The maximum atomic E-state index is 12.4. The lowest BCUT2D eigenvalue weighted by atomic mass is 10.2. The van der Waals surface area contributed by atoms with Crippen molar-refractivity contribution >= 4 is 38.3 Å². The summed E-state index contributed by atoms with van der Waals surface area (Å²) in [5.74, 6) is 0.806. The maximum absolute atomic E-state index is 12.4. The number of thiazole rings is 1. The van der Waals surface area contributed by atoms with Crippen molar-refractivity contribution in [3.8, 4) is 11.4 Å². The number of carbonyl (C=O) groups is 1. The minimum atomic E-state index is -0.110. The third kappa shape index (κ3) is 4.54. The first-order valence-electron chi connectivity index (χ1n) is 10.0. The number of amides is 1. The minimum absolute atomic E-state index is 0.110. The van der Waals surface area contributed by atoms with E-state index in [1.165, 1.54) is 0 Å². The first-order chi connectivity index (χ1) is 15.2. The fourth-order valence-electron chi connectivity index (χ4n) is 3.30. The van der Waals surface area contributed by atoms with Gasteiger partial charge in [0, 0.05) is 49.6 Å². The SMILES string of the molecule is O=C(CCc1nc(-c2ccncc2)no1)Nc1ccc2nc(N3CCOCC3)sc2c1. The van der Waals surface area contributed by atoms with E-state index in [2.05, 4.69) is 25.3 Å². The first-order valence-corrected chi connectivity index (χ1v) is 10.8. The molecule has 0 spiro atoms. The van der Waals surface area contributed by atoms with Gasteiger partial charge >= 0.3 is 0 Å². The van der Waals surface area contributed by atoms with Crippen molar-refractivity contribution in [3.05, 3.63) is 48.6 Å². The van der Waals surface area contributed by atoms with Gasteiger partial charge in [-0.2, -0.15) is 4.98 Å². The fraction of sp³-hybridized carbons (Fsp3) is 0.286. The van der Waals surface area contributed by atoms with Crippen LogP contribution in [0.5, 0.6) is 0 Å². The van der Waals surface area contributed by atoms with Gasteiger partial charge in [-0.05, 0) is 30.3 Å². The van der Waals surface area contributed by atoms with E-state index in [0.717, 1.165) is 52.9 Å². The Kier molecular flexibility index (Phi) is 5.55. The summed E-state index contributed by atoms with van der Waals surface area (Å²) in [7, 11) is 0. The molecule has 0 aliphatic carbocycles. The monoisotopic (exact) mass is 436 g/mol. The highest BCUT2D eigenvalue weighted by Crippen LogP contribution is 2.31. The van der Waals surface area contributed by atoms with Crippen LogP contribution in [0.4, 0.5) is 10.8 Å². The molecule has 158 valence electrons. The van der Waals surface area contributed by atoms with E-state index in [4.69, 9.17) is 14.2 Å².